The number of guanidine groups is 1. The monoisotopic (exact) mass is 456 g/mol. The maximum absolute atomic E-state index is 14.5. The third kappa shape index (κ3) is 4.42. The van der Waals surface area contributed by atoms with Crippen LogP contribution in [0.1, 0.15) is 12.0 Å². The molecule has 2 amide bonds. The van der Waals surface area contributed by atoms with Crippen molar-refractivity contribution in [1.29, 1.82) is 0 Å². The fraction of sp³-hybridized carbons (Fsp3) is 0.471. The Hall–Kier alpha value is -3.29. The lowest BCUT2D eigenvalue weighted by Gasteiger charge is -2.32. The Kier molecular flexibility index (Phi) is 5.47. The van der Waals surface area contributed by atoms with Gasteiger partial charge in [-0.1, -0.05) is 0 Å². The number of nitrogens with zero attached hydrogens (tertiary/aromatic N) is 3. The Labute approximate surface area is 177 Å². The number of hydrogen-bond donors (Lipinski definition) is 4. The molecule has 2 fully saturated rings. The van der Waals surface area contributed by atoms with Crippen molar-refractivity contribution in [3.05, 3.63) is 23.5 Å². The molecule has 4 rings (SSSR count). The zero-order valence-electron chi connectivity index (χ0n) is 16.3. The highest BCUT2D eigenvalue weighted by Crippen LogP contribution is 2.34. The van der Waals surface area contributed by atoms with Gasteiger partial charge < -0.3 is 25.4 Å². The standard InChI is InChI=1S/C17H21FN6O6S/c18-12-4-10(5-13(25)15(12)24-9-14(26)22-31(24,28)29)6-19-16-20-7-11(8-21-16)30-17(27)23-2-1-3-23/h4-5,11,25H,1-3,6-9H2,(H,22,26)(H2,19,20,21). The number of ether oxygens (including phenoxy) is 1. The molecule has 0 aromatic heterocycles. The molecular formula is C17H21FN6O6S. The number of nitrogens with one attached hydrogen (secondary N) is 3. The number of anilines is 1. The van der Waals surface area contributed by atoms with Gasteiger partial charge in [-0.3, -0.25) is 4.79 Å². The van der Waals surface area contributed by atoms with Gasteiger partial charge in [0.15, 0.2) is 11.8 Å². The molecule has 1 aromatic rings. The summed E-state index contributed by atoms with van der Waals surface area (Å²) in [5.74, 6) is -2.02. The molecule has 1 aromatic carbocycles. The van der Waals surface area contributed by atoms with Crippen LogP contribution < -0.4 is 19.7 Å². The Balaban J connectivity index is 1.35. The van der Waals surface area contributed by atoms with Crippen LogP contribution in [0, 0.1) is 5.82 Å². The summed E-state index contributed by atoms with van der Waals surface area (Å²) in [5.41, 5.74) is -0.271. The number of benzene rings is 1. The summed E-state index contributed by atoms with van der Waals surface area (Å²) in [6.45, 7) is 1.49. The van der Waals surface area contributed by atoms with Gasteiger partial charge in [0, 0.05) is 19.6 Å². The summed E-state index contributed by atoms with van der Waals surface area (Å²) >= 11 is 0. The predicted octanol–water partition coefficient (Wildman–Crippen LogP) is -1.03. The van der Waals surface area contributed by atoms with E-state index in [2.05, 4.69) is 15.6 Å². The first-order valence-electron chi connectivity index (χ1n) is 9.55. The lowest BCUT2D eigenvalue weighted by molar-refractivity contribution is -0.117. The quantitative estimate of drug-likeness (QED) is 0.449. The molecule has 0 aliphatic carbocycles. The molecule has 3 aliphatic heterocycles. The van der Waals surface area contributed by atoms with E-state index < -0.39 is 46.0 Å². The fourth-order valence-electron chi connectivity index (χ4n) is 3.26. The molecule has 4 N–H and O–H groups in total. The van der Waals surface area contributed by atoms with Crippen molar-refractivity contribution < 1.29 is 32.2 Å². The van der Waals surface area contributed by atoms with Crippen LogP contribution in [-0.2, 0) is 26.3 Å². The second-order valence-corrected chi connectivity index (χ2v) is 8.85. The molecule has 0 radical (unpaired) electrons. The summed E-state index contributed by atoms with van der Waals surface area (Å²) in [6.07, 6.45) is 0.232. The van der Waals surface area contributed by atoms with Gasteiger partial charge >= 0.3 is 16.3 Å². The van der Waals surface area contributed by atoms with E-state index in [1.165, 1.54) is 6.07 Å². The zero-order chi connectivity index (χ0) is 22.2. The molecule has 3 heterocycles. The third-order valence-electron chi connectivity index (χ3n) is 4.96. The van der Waals surface area contributed by atoms with E-state index in [9.17, 15) is 27.5 Å². The molecule has 168 valence electrons. The molecule has 2 saturated heterocycles. The summed E-state index contributed by atoms with van der Waals surface area (Å²) in [6, 6.07) is 2.26. The van der Waals surface area contributed by atoms with E-state index in [1.54, 1.807) is 9.62 Å². The zero-order valence-corrected chi connectivity index (χ0v) is 17.1. The number of rotatable bonds is 4. The van der Waals surface area contributed by atoms with Gasteiger partial charge in [-0.2, -0.15) is 8.42 Å². The lowest BCUT2D eigenvalue weighted by atomic mass is 10.1. The van der Waals surface area contributed by atoms with E-state index in [-0.39, 0.29) is 19.2 Å². The van der Waals surface area contributed by atoms with Gasteiger partial charge in [-0.05, 0) is 24.1 Å². The number of likely N-dealkylation sites (tertiary alicyclic amines) is 1. The molecule has 0 saturated carbocycles. The van der Waals surface area contributed by atoms with Crippen molar-refractivity contribution in [2.24, 2.45) is 4.99 Å². The number of amides is 2. The number of carbonyl (C=O) groups is 2. The molecule has 0 spiro atoms. The van der Waals surface area contributed by atoms with Gasteiger partial charge in [-0.15, -0.1) is 0 Å². The number of aliphatic imine (C=N–C) groups is 1. The van der Waals surface area contributed by atoms with Crippen molar-refractivity contribution in [3.8, 4) is 5.75 Å². The Morgan fingerprint density at radius 2 is 2.16 bits per heavy atom. The van der Waals surface area contributed by atoms with Crippen LogP contribution in [0.4, 0.5) is 14.9 Å². The predicted molar refractivity (Wildman–Crippen MR) is 106 cm³/mol. The Morgan fingerprint density at radius 1 is 1.39 bits per heavy atom. The van der Waals surface area contributed by atoms with Gasteiger partial charge in [0.05, 0.1) is 13.1 Å². The number of carbonyl (C=O) groups excluding carboxylic acids is 2. The van der Waals surface area contributed by atoms with Gasteiger partial charge in [0.2, 0.25) is 0 Å². The normalized spacial score (nSPS) is 22.2. The van der Waals surface area contributed by atoms with E-state index in [1.807, 2.05) is 0 Å². The van der Waals surface area contributed by atoms with Gasteiger partial charge in [-0.25, -0.2) is 23.2 Å². The van der Waals surface area contributed by atoms with Crippen LogP contribution in [-0.4, -0.2) is 75.2 Å². The highest BCUT2D eigenvalue weighted by molar-refractivity contribution is 7.92. The fourth-order valence-corrected chi connectivity index (χ4v) is 4.43. The second kappa shape index (κ2) is 8.09. The van der Waals surface area contributed by atoms with Crippen LogP contribution in [0.5, 0.6) is 5.75 Å². The highest BCUT2D eigenvalue weighted by atomic mass is 32.2. The average Bonchev–Trinajstić information content (AvgIpc) is 2.91. The molecule has 14 heteroatoms. The van der Waals surface area contributed by atoms with Crippen LogP contribution in [0.3, 0.4) is 0 Å². The summed E-state index contributed by atoms with van der Waals surface area (Å²) < 4.78 is 45.9. The highest BCUT2D eigenvalue weighted by Gasteiger charge is 2.37. The second-order valence-electron chi connectivity index (χ2n) is 7.25. The molecule has 1 atom stereocenters. The van der Waals surface area contributed by atoms with Crippen molar-refractivity contribution >= 4 is 33.9 Å². The van der Waals surface area contributed by atoms with Crippen LogP contribution in [0.15, 0.2) is 17.1 Å². The largest absolute Gasteiger partial charge is 0.506 e. The Morgan fingerprint density at radius 3 is 2.71 bits per heavy atom. The number of hydrogen-bond acceptors (Lipinski definition) is 9. The minimum absolute atomic E-state index is 0.0821. The SMILES string of the molecule is O=C1CN(c2c(O)cc(CNC3=NCC(OC(=O)N4CCC4)CN3)cc2F)S(=O)(=O)N1. The van der Waals surface area contributed by atoms with Crippen molar-refractivity contribution in [2.75, 3.05) is 37.0 Å². The first-order valence-corrected chi connectivity index (χ1v) is 11.0. The van der Waals surface area contributed by atoms with Crippen LogP contribution in [0.2, 0.25) is 0 Å². The molecule has 1 unspecified atom stereocenters. The molecule has 12 nitrogen and oxygen atoms in total. The summed E-state index contributed by atoms with van der Waals surface area (Å²) in [5, 5.41) is 16.1. The summed E-state index contributed by atoms with van der Waals surface area (Å²) in [7, 11) is -4.24. The maximum Gasteiger partial charge on any atom is 0.410 e. The molecule has 0 bridgehead atoms. The third-order valence-corrected chi connectivity index (χ3v) is 6.34. The average molecular weight is 456 g/mol. The van der Waals surface area contributed by atoms with Crippen molar-refractivity contribution in [1.82, 2.24) is 20.3 Å². The van der Waals surface area contributed by atoms with Crippen LogP contribution in [0.25, 0.3) is 0 Å². The minimum Gasteiger partial charge on any atom is -0.506 e. The van der Waals surface area contributed by atoms with Gasteiger partial charge in [0.25, 0.3) is 5.91 Å². The van der Waals surface area contributed by atoms with Gasteiger partial charge in [0.1, 0.15) is 24.1 Å². The topological polar surface area (TPSA) is 153 Å². The molecule has 3 aliphatic rings. The number of halogens is 1. The molecule has 31 heavy (non-hydrogen) atoms. The van der Waals surface area contributed by atoms with E-state index >= 15 is 0 Å². The van der Waals surface area contributed by atoms with Crippen molar-refractivity contribution in [2.45, 2.75) is 19.1 Å². The number of phenols is 1. The first kappa shape index (κ1) is 21.0. The van der Waals surface area contributed by atoms with E-state index in [0.717, 1.165) is 12.5 Å². The Bertz CT molecular complexity index is 1020. The maximum atomic E-state index is 14.5. The minimum atomic E-state index is -4.24. The smallest absolute Gasteiger partial charge is 0.410 e. The first-order chi connectivity index (χ1) is 14.7. The number of aromatic hydroxyl groups is 1. The summed E-state index contributed by atoms with van der Waals surface area (Å²) in [4.78, 5) is 29.0. The van der Waals surface area contributed by atoms with E-state index in [0.29, 0.717) is 35.5 Å². The van der Waals surface area contributed by atoms with Crippen molar-refractivity contribution in [3.63, 3.8) is 0 Å². The number of phenolic OH excluding ortho intramolecular Hbond substituents is 1. The van der Waals surface area contributed by atoms with Crippen LogP contribution >= 0.6 is 0 Å². The lowest BCUT2D eigenvalue weighted by Crippen LogP contribution is -2.50. The molecular weight excluding hydrogens is 435 g/mol. The van der Waals surface area contributed by atoms with E-state index in [4.69, 9.17) is 4.74 Å².